The van der Waals surface area contributed by atoms with Gasteiger partial charge in [-0.25, -0.2) is 4.39 Å². The lowest BCUT2D eigenvalue weighted by Crippen LogP contribution is -2.32. The second kappa shape index (κ2) is 5.98. The van der Waals surface area contributed by atoms with Gasteiger partial charge in [-0.3, -0.25) is 10.3 Å². The van der Waals surface area contributed by atoms with Gasteiger partial charge in [-0.15, -0.1) is 0 Å². The van der Waals surface area contributed by atoms with Crippen molar-refractivity contribution in [3.63, 3.8) is 0 Å². The van der Waals surface area contributed by atoms with Gasteiger partial charge in [-0.1, -0.05) is 17.7 Å². The Morgan fingerprint density at radius 1 is 1.59 bits per heavy atom. The molecule has 1 unspecified atom stereocenters. The summed E-state index contributed by atoms with van der Waals surface area (Å²) in [4.78, 5) is 2.02. The number of hydrogen-bond donors (Lipinski definition) is 2. The number of nitrogens with zero attached hydrogens (tertiary/aromatic N) is 1. The second-order valence-electron chi connectivity index (χ2n) is 4.24. The van der Waals surface area contributed by atoms with Crippen LogP contribution in [0.4, 0.5) is 4.39 Å². The molecule has 3 N–H and O–H groups in total. The van der Waals surface area contributed by atoms with E-state index in [0.717, 1.165) is 5.56 Å². The van der Waals surface area contributed by atoms with Crippen molar-refractivity contribution >= 4 is 17.4 Å². The molecule has 17 heavy (non-hydrogen) atoms. The van der Waals surface area contributed by atoms with E-state index in [-0.39, 0.29) is 16.9 Å². The van der Waals surface area contributed by atoms with E-state index < -0.39 is 5.82 Å². The Balaban J connectivity index is 2.64. The van der Waals surface area contributed by atoms with Crippen LogP contribution in [0.2, 0.25) is 5.02 Å². The summed E-state index contributed by atoms with van der Waals surface area (Å²) in [6.07, 6.45) is 0.507. The third-order valence-electron chi connectivity index (χ3n) is 2.68. The summed E-state index contributed by atoms with van der Waals surface area (Å²) in [5.41, 5.74) is 6.20. The monoisotopic (exact) mass is 257 g/mol. The lowest BCUT2D eigenvalue weighted by atomic mass is 10.1. The molecule has 1 rings (SSSR count). The summed E-state index contributed by atoms with van der Waals surface area (Å²) in [5, 5.41) is 7.37. The Kier molecular flexibility index (Phi) is 4.90. The summed E-state index contributed by atoms with van der Waals surface area (Å²) < 4.78 is 13.2. The first kappa shape index (κ1) is 13.9. The van der Waals surface area contributed by atoms with Crippen LogP contribution in [0, 0.1) is 11.2 Å². The Labute approximate surface area is 106 Å². The van der Waals surface area contributed by atoms with E-state index in [0.29, 0.717) is 13.0 Å². The SMILES string of the molecule is CC(CC(=N)N)N(C)Cc1ccc(Cl)c(F)c1. The average molecular weight is 258 g/mol. The lowest BCUT2D eigenvalue weighted by molar-refractivity contribution is 0.254. The van der Waals surface area contributed by atoms with E-state index in [1.807, 2.05) is 18.9 Å². The summed E-state index contributed by atoms with van der Waals surface area (Å²) in [6.45, 7) is 2.58. The molecule has 1 atom stereocenters. The normalized spacial score (nSPS) is 12.8. The van der Waals surface area contributed by atoms with Crippen molar-refractivity contribution in [3.05, 3.63) is 34.6 Å². The number of nitrogens with two attached hydrogens (primary N) is 1. The highest BCUT2D eigenvalue weighted by atomic mass is 35.5. The molecule has 1 aromatic rings. The van der Waals surface area contributed by atoms with E-state index in [1.165, 1.54) is 6.07 Å². The van der Waals surface area contributed by atoms with Gasteiger partial charge in [-0.2, -0.15) is 0 Å². The minimum Gasteiger partial charge on any atom is -0.388 e. The van der Waals surface area contributed by atoms with E-state index >= 15 is 0 Å². The van der Waals surface area contributed by atoms with Gasteiger partial charge in [0.2, 0.25) is 0 Å². The van der Waals surface area contributed by atoms with Crippen molar-refractivity contribution in [3.8, 4) is 0 Å². The average Bonchev–Trinajstić information content (AvgIpc) is 2.22. The number of nitrogens with one attached hydrogen (secondary N) is 1. The summed E-state index contributed by atoms with van der Waals surface area (Å²) in [7, 11) is 1.92. The Bertz CT molecular complexity index is 409. The van der Waals surface area contributed by atoms with Gasteiger partial charge >= 0.3 is 0 Å². The molecule has 0 heterocycles. The van der Waals surface area contributed by atoms with Crippen molar-refractivity contribution in [2.45, 2.75) is 25.9 Å². The molecule has 0 aliphatic heterocycles. The highest BCUT2D eigenvalue weighted by Gasteiger charge is 2.11. The van der Waals surface area contributed by atoms with Gasteiger partial charge in [0, 0.05) is 19.0 Å². The smallest absolute Gasteiger partial charge is 0.142 e. The zero-order valence-corrected chi connectivity index (χ0v) is 10.8. The van der Waals surface area contributed by atoms with Crippen LogP contribution < -0.4 is 5.73 Å². The maximum absolute atomic E-state index is 13.2. The number of rotatable bonds is 5. The van der Waals surface area contributed by atoms with Crippen molar-refractivity contribution in [2.24, 2.45) is 5.73 Å². The number of halogens is 2. The second-order valence-corrected chi connectivity index (χ2v) is 4.65. The van der Waals surface area contributed by atoms with Crippen LogP contribution in [-0.4, -0.2) is 23.8 Å². The van der Waals surface area contributed by atoms with Gasteiger partial charge in [0.25, 0.3) is 0 Å². The first-order chi connectivity index (χ1) is 7.90. The van der Waals surface area contributed by atoms with Crippen LogP contribution in [0.15, 0.2) is 18.2 Å². The zero-order chi connectivity index (χ0) is 13.0. The summed E-state index contributed by atoms with van der Waals surface area (Å²) in [5.74, 6) is -0.247. The van der Waals surface area contributed by atoms with Crippen molar-refractivity contribution in [1.82, 2.24) is 4.90 Å². The molecule has 0 bridgehead atoms. The molecule has 0 radical (unpaired) electrons. The highest BCUT2D eigenvalue weighted by Crippen LogP contribution is 2.17. The quantitative estimate of drug-likeness (QED) is 0.629. The van der Waals surface area contributed by atoms with Crippen LogP contribution >= 0.6 is 11.6 Å². The predicted octanol–water partition coefficient (Wildman–Crippen LogP) is 2.63. The van der Waals surface area contributed by atoms with Gasteiger partial charge in [0.05, 0.1) is 10.9 Å². The minimum atomic E-state index is -0.406. The first-order valence-electron chi connectivity index (χ1n) is 5.37. The zero-order valence-electron chi connectivity index (χ0n) is 10.0. The molecule has 5 heteroatoms. The summed E-state index contributed by atoms with van der Waals surface area (Å²) in [6, 6.07) is 4.92. The molecule has 0 spiro atoms. The summed E-state index contributed by atoms with van der Waals surface area (Å²) >= 11 is 5.62. The molecular formula is C12H17ClFN3. The minimum absolute atomic E-state index is 0.133. The van der Waals surface area contributed by atoms with E-state index in [4.69, 9.17) is 22.7 Å². The molecule has 1 aromatic carbocycles. The number of benzene rings is 1. The molecule has 0 aliphatic rings. The number of hydrogen-bond acceptors (Lipinski definition) is 2. The lowest BCUT2D eigenvalue weighted by Gasteiger charge is -2.24. The molecule has 0 aromatic heterocycles. The molecule has 0 amide bonds. The number of amidine groups is 1. The third kappa shape index (κ3) is 4.32. The largest absolute Gasteiger partial charge is 0.388 e. The van der Waals surface area contributed by atoms with Crippen molar-refractivity contribution in [2.75, 3.05) is 7.05 Å². The van der Waals surface area contributed by atoms with Gasteiger partial charge in [0.1, 0.15) is 5.82 Å². The predicted molar refractivity (Wildman–Crippen MR) is 68.9 cm³/mol. The Hall–Kier alpha value is -1.13. The van der Waals surface area contributed by atoms with E-state index in [2.05, 4.69) is 0 Å². The third-order valence-corrected chi connectivity index (χ3v) is 2.99. The van der Waals surface area contributed by atoms with Gasteiger partial charge in [-0.05, 0) is 31.7 Å². The molecular weight excluding hydrogens is 241 g/mol. The van der Waals surface area contributed by atoms with Crippen LogP contribution in [0.5, 0.6) is 0 Å². The Morgan fingerprint density at radius 2 is 2.24 bits per heavy atom. The van der Waals surface area contributed by atoms with Crippen LogP contribution in [0.3, 0.4) is 0 Å². The standard InChI is InChI=1S/C12H17ClFN3/c1-8(5-12(15)16)17(2)7-9-3-4-10(13)11(14)6-9/h3-4,6,8H,5,7H2,1-2H3,(H3,15,16). The van der Waals surface area contributed by atoms with Gasteiger partial charge < -0.3 is 5.73 Å². The van der Waals surface area contributed by atoms with Crippen LogP contribution in [-0.2, 0) is 6.54 Å². The highest BCUT2D eigenvalue weighted by molar-refractivity contribution is 6.30. The van der Waals surface area contributed by atoms with E-state index in [1.54, 1.807) is 12.1 Å². The molecule has 0 saturated carbocycles. The topological polar surface area (TPSA) is 53.1 Å². The molecule has 3 nitrogen and oxygen atoms in total. The molecule has 0 saturated heterocycles. The maximum atomic E-state index is 13.2. The van der Waals surface area contributed by atoms with Crippen molar-refractivity contribution < 1.29 is 4.39 Å². The molecule has 0 aliphatic carbocycles. The fraction of sp³-hybridized carbons (Fsp3) is 0.417. The van der Waals surface area contributed by atoms with Gasteiger partial charge in [0.15, 0.2) is 0 Å². The maximum Gasteiger partial charge on any atom is 0.142 e. The first-order valence-corrected chi connectivity index (χ1v) is 5.75. The van der Waals surface area contributed by atoms with Crippen LogP contribution in [0.1, 0.15) is 18.9 Å². The molecule has 94 valence electrons. The van der Waals surface area contributed by atoms with Crippen LogP contribution in [0.25, 0.3) is 0 Å². The van der Waals surface area contributed by atoms with E-state index in [9.17, 15) is 4.39 Å². The fourth-order valence-electron chi connectivity index (χ4n) is 1.56. The van der Waals surface area contributed by atoms with Crippen molar-refractivity contribution in [1.29, 1.82) is 5.41 Å². The molecule has 0 fully saturated rings. The Morgan fingerprint density at radius 3 is 2.76 bits per heavy atom. The fourth-order valence-corrected chi connectivity index (χ4v) is 1.67.